The fourth-order valence-electron chi connectivity index (χ4n) is 7.17. The van der Waals surface area contributed by atoms with Crippen LogP contribution in [0.1, 0.15) is 55.9 Å². The summed E-state index contributed by atoms with van der Waals surface area (Å²) in [6, 6.07) is 1.99. The van der Waals surface area contributed by atoms with Gasteiger partial charge in [-0.25, -0.2) is 4.98 Å². The quantitative estimate of drug-likeness (QED) is 0.422. The number of aromatic nitrogens is 4. The molecule has 3 heterocycles. The number of nitrogens with zero attached hydrogens (tertiary/aromatic N) is 4. The Balaban J connectivity index is 1.35. The van der Waals surface area contributed by atoms with Crippen molar-refractivity contribution in [2.24, 2.45) is 23.2 Å². The van der Waals surface area contributed by atoms with E-state index < -0.39 is 0 Å². The van der Waals surface area contributed by atoms with Gasteiger partial charge in [0.25, 0.3) is 0 Å². The third-order valence-corrected chi connectivity index (χ3v) is 9.19. The monoisotopic (exact) mass is 514 g/mol. The second kappa shape index (κ2) is 6.65. The first-order chi connectivity index (χ1) is 14.4. The Hall–Kier alpha value is -1.70. The third kappa shape index (κ3) is 2.82. The molecule has 6 heteroatoms. The summed E-state index contributed by atoms with van der Waals surface area (Å²) in [4.78, 5) is 16.5. The first kappa shape index (κ1) is 19.0. The van der Waals surface area contributed by atoms with E-state index in [2.05, 4.69) is 39.2 Å². The molecule has 0 saturated heterocycles. The van der Waals surface area contributed by atoms with E-state index in [1.807, 2.05) is 24.7 Å². The van der Waals surface area contributed by atoms with E-state index in [0.29, 0.717) is 5.41 Å². The molecule has 4 bridgehead atoms. The molecule has 4 saturated carbocycles. The maximum absolute atomic E-state index is 11.9. The Morgan fingerprint density at radius 1 is 1.13 bits per heavy atom. The molecule has 5 nitrogen and oxygen atoms in total. The van der Waals surface area contributed by atoms with Gasteiger partial charge in [-0.2, -0.15) is 5.10 Å². The predicted molar refractivity (Wildman–Crippen MR) is 125 cm³/mol. The van der Waals surface area contributed by atoms with E-state index >= 15 is 0 Å². The fraction of sp³-hybridized carbons (Fsp3) is 0.542. The van der Waals surface area contributed by atoms with Crippen LogP contribution in [-0.2, 0) is 6.54 Å². The minimum Gasteiger partial charge on any atom is -0.274 e. The lowest BCUT2D eigenvalue weighted by atomic mass is 9.49. The predicted octanol–water partition coefficient (Wildman–Crippen LogP) is 5.69. The third-order valence-electron chi connectivity index (χ3n) is 8.03. The van der Waals surface area contributed by atoms with E-state index in [-0.39, 0.29) is 5.91 Å². The summed E-state index contributed by atoms with van der Waals surface area (Å²) in [6.07, 6.45) is 14.4. The Bertz CT molecular complexity index is 1140. The summed E-state index contributed by atoms with van der Waals surface area (Å²) in [6.45, 7) is 4.83. The smallest absolute Gasteiger partial charge is 0.229 e. The largest absolute Gasteiger partial charge is 0.274 e. The molecule has 0 radical (unpaired) electrons. The van der Waals surface area contributed by atoms with Gasteiger partial charge in [0, 0.05) is 51.6 Å². The Labute approximate surface area is 190 Å². The van der Waals surface area contributed by atoms with Gasteiger partial charge in [0.2, 0.25) is 5.91 Å². The summed E-state index contributed by atoms with van der Waals surface area (Å²) >= 11 is 2.39. The molecule has 7 rings (SSSR count). The van der Waals surface area contributed by atoms with Crippen LogP contribution in [0.4, 0.5) is 0 Å². The maximum Gasteiger partial charge on any atom is 0.229 e. The molecule has 0 spiro atoms. The highest BCUT2D eigenvalue weighted by Crippen LogP contribution is 2.60. The number of carbonyl (C=O) groups is 1. The van der Waals surface area contributed by atoms with Crippen LogP contribution in [0.2, 0.25) is 0 Å². The molecule has 3 aromatic heterocycles. The number of rotatable bonds is 3. The molecular formula is C24H27IN4O. The average Bonchev–Trinajstić information content (AvgIpc) is 3.26. The van der Waals surface area contributed by atoms with Crippen LogP contribution in [0.3, 0.4) is 0 Å². The Morgan fingerprint density at radius 2 is 1.80 bits per heavy atom. The van der Waals surface area contributed by atoms with Crippen molar-refractivity contribution in [3.8, 4) is 11.1 Å². The van der Waals surface area contributed by atoms with Crippen LogP contribution >= 0.6 is 22.6 Å². The van der Waals surface area contributed by atoms with Crippen molar-refractivity contribution in [1.29, 1.82) is 0 Å². The van der Waals surface area contributed by atoms with Gasteiger partial charge in [0.1, 0.15) is 5.65 Å². The fourth-order valence-corrected chi connectivity index (χ4v) is 8.02. The van der Waals surface area contributed by atoms with Gasteiger partial charge in [-0.1, -0.05) is 0 Å². The van der Waals surface area contributed by atoms with Gasteiger partial charge in [-0.3, -0.25) is 14.0 Å². The summed E-state index contributed by atoms with van der Waals surface area (Å²) in [5, 5.41) is 5.87. The van der Waals surface area contributed by atoms with Gasteiger partial charge in [-0.15, -0.1) is 0 Å². The minimum atomic E-state index is -0.0133. The number of hydrogen-bond donors (Lipinski definition) is 0. The molecule has 0 atom stereocenters. The number of hydrogen-bond acceptors (Lipinski definition) is 3. The first-order valence-electron chi connectivity index (χ1n) is 11.1. The molecular weight excluding hydrogens is 487 g/mol. The zero-order valence-corrected chi connectivity index (χ0v) is 19.7. The van der Waals surface area contributed by atoms with E-state index in [1.54, 1.807) is 11.5 Å². The summed E-state index contributed by atoms with van der Waals surface area (Å²) in [5.74, 6) is 2.87. The van der Waals surface area contributed by atoms with Gasteiger partial charge in [0.15, 0.2) is 0 Å². The number of pyridine rings is 1. The zero-order chi connectivity index (χ0) is 20.6. The number of carbonyl (C=O) groups excluding carboxylic acids is 1. The van der Waals surface area contributed by atoms with Gasteiger partial charge in [-0.05, 0) is 97.3 Å². The van der Waals surface area contributed by atoms with Crippen LogP contribution in [0.5, 0.6) is 0 Å². The second-order valence-electron chi connectivity index (χ2n) is 10.1. The first-order valence-corrected chi connectivity index (χ1v) is 12.2. The van der Waals surface area contributed by atoms with Crippen LogP contribution in [-0.4, -0.2) is 25.2 Å². The van der Waals surface area contributed by atoms with E-state index in [4.69, 9.17) is 5.10 Å². The highest BCUT2D eigenvalue weighted by molar-refractivity contribution is 14.1. The minimum absolute atomic E-state index is 0.0133. The van der Waals surface area contributed by atoms with Crippen molar-refractivity contribution in [3.05, 3.63) is 33.9 Å². The van der Waals surface area contributed by atoms with Gasteiger partial charge < -0.3 is 0 Å². The lowest BCUT2D eigenvalue weighted by molar-refractivity contribution is -0.0638. The molecule has 30 heavy (non-hydrogen) atoms. The van der Waals surface area contributed by atoms with Crippen molar-refractivity contribution in [2.75, 3.05) is 0 Å². The molecule has 0 amide bonds. The standard InChI is InChI=1S/C24H27IN4O/c1-14-20(21-11-26-23-19(22(21)25)3-4-28(23)15(2)30)12-27-29(14)13-24-8-16-5-17(9-24)7-18(6-16)10-24/h3-4,11-12,16-18H,5-10,13H2,1-2H3. The average molecular weight is 514 g/mol. The molecule has 4 aliphatic carbocycles. The van der Waals surface area contributed by atoms with E-state index in [9.17, 15) is 4.79 Å². The van der Waals surface area contributed by atoms with Crippen molar-refractivity contribution < 1.29 is 4.79 Å². The second-order valence-corrected chi connectivity index (χ2v) is 11.2. The van der Waals surface area contributed by atoms with Crippen molar-refractivity contribution >= 4 is 39.5 Å². The molecule has 0 aliphatic heterocycles. The van der Waals surface area contributed by atoms with Gasteiger partial charge >= 0.3 is 0 Å². The SMILES string of the molecule is CC(=O)n1ccc2c(I)c(-c3cnn(CC45CC6CC(CC(C6)C4)C5)c3C)cnc21. The molecule has 4 aliphatic rings. The van der Waals surface area contributed by atoms with Crippen LogP contribution in [0, 0.1) is 33.7 Å². The zero-order valence-electron chi connectivity index (χ0n) is 17.6. The molecule has 0 aromatic carbocycles. The lowest BCUT2D eigenvalue weighted by Gasteiger charge is -2.56. The lowest BCUT2D eigenvalue weighted by Crippen LogP contribution is -2.48. The van der Waals surface area contributed by atoms with Crippen molar-refractivity contribution in [2.45, 2.75) is 58.9 Å². The van der Waals surface area contributed by atoms with E-state index in [1.165, 1.54) is 44.2 Å². The van der Waals surface area contributed by atoms with Gasteiger partial charge in [0.05, 0.1) is 6.20 Å². The summed E-state index contributed by atoms with van der Waals surface area (Å²) < 4.78 is 5.02. The summed E-state index contributed by atoms with van der Waals surface area (Å²) in [5.41, 5.74) is 4.70. The number of halogens is 1. The number of fused-ring (bicyclic) bond motifs is 1. The Morgan fingerprint density at radius 3 is 2.43 bits per heavy atom. The normalized spacial score (nSPS) is 29.8. The topological polar surface area (TPSA) is 52.7 Å². The van der Waals surface area contributed by atoms with Crippen LogP contribution in [0.25, 0.3) is 22.2 Å². The van der Waals surface area contributed by atoms with Crippen molar-refractivity contribution in [1.82, 2.24) is 19.3 Å². The highest BCUT2D eigenvalue weighted by atomic mass is 127. The van der Waals surface area contributed by atoms with Crippen LogP contribution in [0.15, 0.2) is 24.7 Å². The molecule has 156 valence electrons. The van der Waals surface area contributed by atoms with Crippen LogP contribution < -0.4 is 0 Å². The maximum atomic E-state index is 11.9. The molecule has 0 unspecified atom stereocenters. The van der Waals surface area contributed by atoms with Crippen molar-refractivity contribution in [3.63, 3.8) is 0 Å². The molecule has 0 N–H and O–H groups in total. The highest BCUT2D eigenvalue weighted by Gasteiger charge is 2.51. The summed E-state index contributed by atoms with van der Waals surface area (Å²) in [7, 11) is 0. The Kier molecular flexibility index (Phi) is 4.21. The molecule has 3 aromatic rings. The van der Waals surface area contributed by atoms with E-state index in [0.717, 1.165) is 50.0 Å². The molecule has 4 fully saturated rings.